The number of rotatable bonds is 3. The molecule has 5 heteroatoms. The predicted octanol–water partition coefficient (Wildman–Crippen LogP) is 3.58. The van der Waals surface area contributed by atoms with Gasteiger partial charge in [-0.1, -0.05) is 33.6 Å². The summed E-state index contributed by atoms with van der Waals surface area (Å²) in [5.74, 6) is -3.08. The van der Waals surface area contributed by atoms with E-state index in [2.05, 4.69) is 15.9 Å². The zero-order valence-corrected chi connectivity index (χ0v) is 9.45. The average molecular weight is 286 g/mol. The molecule has 0 aliphatic rings. The molecule has 0 aliphatic carbocycles. The summed E-state index contributed by atoms with van der Waals surface area (Å²) >= 11 is 8.78. The number of benzene rings is 1. The fourth-order valence-corrected chi connectivity index (χ4v) is 1.87. The molecule has 1 N–H and O–H groups in total. The Morgan fingerprint density at radius 2 is 2.07 bits per heavy atom. The van der Waals surface area contributed by atoms with Crippen molar-refractivity contribution in [3.05, 3.63) is 33.3 Å². The molecule has 1 nitrogen and oxygen atoms in total. The second kappa shape index (κ2) is 4.55. The number of aliphatic hydroxyl groups is 1. The van der Waals surface area contributed by atoms with Gasteiger partial charge < -0.3 is 5.11 Å². The van der Waals surface area contributed by atoms with Gasteiger partial charge in [0.05, 0.1) is 5.02 Å². The van der Waals surface area contributed by atoms with E-state index in [1.54, 1.807) is 0 Å². The largest absolute Gasteiger partial charge is 0.396 e. The van der Waals surface area contributed by atoms with Crippen molar-refractivity contribution in [3.8, 4) is 0 Å². The highest BCUT2D eigenvalue weighted by atomic mass is 79.9. The van der Waals surface area contributed by atoms with Crippen LogP contribution in [0.15, 0.2) is 22.7 Å². The fraction of sp³-hybridized carbons (Fsp3) is 0.333. The SMILES string of the molecule is OCCC(F)(F)c1ccc(Br)cc1Cl. The van der Waals surface area contributed by atoms with Crippen molar-refractivity contribution in [1.82, 2.24) is 0 Å². The van der Waals surface area contributed by atoms with Gasteiger partial charge in [-0.25, -0.2) is 8.78 Å². The van der Waals surface area contributed by atoms with Gasteiger partial charge >= 0.3 is 0 Å². The Labute approximate surface area is 93.8 Å². The van der Waals surface area contributed by atoms with Crippen molar-refractivity contribution >= 4 is 27.5 Å². The van der Waals surface area contributed by atoms with Gasteiger partial charge in [-0.3, -0.25) is 0 Å². The number of alkyl halides is 2. The molecule has 0 amide bonds. The summed E-state index contributed by atoms with van der Waals surface area (Å²) in [6.07, 6.45) is -0.617. The van der Waals surface area contributed by atoms with E-state index in [1.165, 1.54) is 18.2 Å². The van der Waals surface area contributed by atoms with Crippen molar-refractivity contribution in [3.63, 3.8) is 0 Å². The molecule has 0 fully saturated rings. The highest BCUT2D eigenvalue weighted by molar-refractivity contribution is 9.10. The smallest absolute Gasteiger partial charge is 0.276 e. The monoisotopic (exact) mass is 284 g/mol. The van der Waals surface area contributed by atoms with E-state index >= 15 is 0 Å². The molecule has 1 aromatic rings. The Hall–Kier alpha value is -0.190. The highest BCUT2D eigenvalue weighted by Crippen LogP contribution is 2.37. The van der Waals surface area contributed by atoms with E-state index in [4.69, 9.17) is 16.7 Å². The third-order valence-corrected chi connectivity index (χ3v) is 2.56. The normalized spacial score (nSPS) is 11.8. The maximum absolute atomic E-state index is 13.3. The van der Waals surface area contributed by atoms with Crippen LogP contribution in [0.5, 0.6) is 0 Å². The molecule has 14 heavy (non-hydrogen) atoms. The standard InChI is InChI=1S/C9H8BrClF2O/c10-6-1-2-7(8(11)5-6)9(12,13)3-4-14/h1-2,5,14H,3-4H2. The molecule has 0 heterocycles. The van der Waals surface area contributed by atoms with Gasteiger partial charge in [-0.15, -0.1) is 0 Å². The Bertz CT molecular complexity index is 331. The molecule has 0 radical (unpaired) electrons. The van der Waals surface area contributed by atoms with E-state index in [-0.39, 0.29) is 10.6 Å². The van der Waals surface area contributed by atoms with Crippen molar-refractivity contribution in [2.45, 2.75) is 12.3 Å². The van der Waals surface area contributed by atoms with E-state index in [9.17, 15) is 8.78 Å². The molecular formula is C9H8BrClF2O. The minimum Gasteiger partial charge on any atom is -0.396 e. The van der Waals surface area contributed by atoms with Crippen LogP contribution in [0.4, 0.5) is 8.78 Å². The van der Waals surface area contributed by atoms with Crippen LogP contribution in [0.3, 0.4) is 0 Å². The Kier molecular flexibility index (Phi) is 3.86. The Morgan fingerprint density at radius 1 is 1.43 bits per heavy atom. The second-order valence-electron chi connectivity index (χ2n) is 2.80. The Morgan fingerprint density at radius 3 is 2.57 bits per heavy atom. The molecule has 0 bridgehead atoms. The van der Waals surface area contributed by atoms with E-state index in [0.717, 1.165) is 0 Å². The molecule has 1 aromatic carbocycles. The molecule has 0 unspecified atom stereocenters. The third kappa shape index (κ3) is 2.65. The molecule has 1 rings (SSSR count). The second-order valence-corrected chi connectivity index (χ2v) is 4.13. The molecule has 0 saturated carbocycles. The lowest BCUT2D eigenvalue weighted by molar-refractivity contribution is -0.0268. The average Bonchev–Trinajstić information content (AvgIpc) is 2.02. The summed E-state index contributed by atoms with van der Waals surface area (Å²) < 4.78 is 27.2. The van der Waals surface area contributed by atoms with Crippen LogP contribution in [-0.4, -0.2) is 11.7 Å². The lowest BCUT2D eigenvalue weighted by Gasteiger charge is -2.16. The first kappa shape index (κ1) is 11.9. The maximum atomic E-state index is 13.3. The lowest BCUT2D eigenvalue weighted by Crippen LogP contribution is -2.15. The first-order valence-corrected chi connectivity index (χ1v) is 5.08. The minimum absolute atomic E-state index is 0.00201. The molecule has 0 spiro atoms. The van der Waals surface area contributed by atoms with Crippen molar-refractivity contribution < 1.29 is 13.9 Å². The lowest BCUT2D eigenvalue weighted by atomic mass is 10.1. The molecular weight excluding hydrogens is 277 g/mol. The number of halogens is 4. The molecule has 0 saturated heterocycles. The van der Waals surface area contributed by atoms with Gasteiger partial charge in [0.25, 0.3) is 5.92 Å². The molecule has 0 aromatic heterocycles. The first-order chi connectivity index (χ1) is 6.47. The van der Waals surface area contributed by atoms with Gasteiger partial charge in [-0.05, 0) is 12.1 Å². The van der Waals surface area contributed by atoms with Crippen molar-refractivity contribution in [2.75, 3.05) is 6.61 Å². The van der Waals surface area contributed by atoms with E-state index in [0.29, 0.717) is 4.47 Å². The van der Waals surface area contributed by atoms with Crippen LogP contribution < -0.4 is 0 Å². The van der Waals surface area contributed by atoms with Crippen LogP contribution >= 0.6 is 27.5 Å². The van der Waals surface area contributed by atoms with Gasteiger partial charge in [-0.2, -0.15) is 0 Å². The summed E-state index contributed by atoms with van der Waals surface area (Å²) in [5.41, 5.74) is -0.253. The van der Waals surface area contributed by atoms with Crippen molar-refractivity contribution in [2.24, 2.45) is 0 Å². The minimum atomic E-state index is -3.08. The van der Waals surface area contributed by atoms with Crippen molar-refractivity contribution in [1.29, 1.82) is 0 Å². The molecule has 78 valence electrons. The summed E-state index contributed by atoms with van der Waals surface area (Å²) in [4.78, 5) is 0. The maximum Gasteiger partial charge on any atom is 0.276 e. The fourth-order valence-electron chi connectivity index (χ4n) is 1.06. The third-order valence-electron chi connectivity index (χ3n) is 1.75. The zero-order chi connectivity index (χ0) is 10.8. The summed E-state index contributed by atoms with van der Waals surface area (Å²) in [6, 6.07) is 4.15. The summed E-state index contributed by atoms with van der Waals surface area (Å²) in [5, 5.41) is 8.47. The predicted molar refractivity (Wildman–Crippen MR) is 54.7 cm³/mol. The molecule has 0 atom stereocenters. The van der Waals surface area contributed by atoms with Crippen LogP contribution in [0, 0.1) is 0 Å². The Balaban J connectivity index is 3.06. The molecule has 0 aliphatic heterocycles. The quantitative estimate of drug-likeness (QED) is 0.900. The van der Waals surface area contributed by atoms with Gasteiger partial charge in [0.1, 0.15) is 0 Å². The van der Waals surface area contributed by atoms with Crippen LogP contribution in [0.1, 0.15) is 12.0 Å². The highest BCUT2D eigenvalue weighted by Gasteiger charge is 2.32. The van der Waals surface area contributed by atoms with Gasteiger partial charge in [0.15, 0.2) is 0 Å². The summed E-state index contributed by atoms with van der Waals surface area (Å²) in [7, 11) is 0. The van der Waals surface area contributed by atoms with Gasteiger partial charge in [0.2, 0.25) is 0 Å². The van der Waals surface area contributed by atoms with Crippen LogP contribution in [0.25, 0.3) is 0 Å². The number of hydrogen-bond acceptors (Lipinski definition) is 1. The van der Waals surface area contributed by atoms with E-state index < -0.39 is 19.0 Å². The van der Waals surface area contributed by atoms with Crippen LogP contribution in [0.2, 0.25) is 5.02 Å². The van der Waals surface area contributed by atoms with Crippen LogP contribution in [-0.2, 0) is 5.92 Å². The van der Waals surface area contributed by atoms with Gasteiger partial charge in [0, 0.05) is 23.1 Å². The number of hydrogen-bond donors (Lipinski definition) is 1. The zero-order valence-electron chi connectivity index (χ0n) is 7.11. The summed E-state index contributed by atoms with van der Waals surface area (Å²) in [6.45, 7) is -0.570. The first-order valence-electron chi connectivity index (χ1n) is 3.91. The number of aliphatic hydroxyl groups excluding tert-OH is 1. The van der Waals surface area contributed by atoms with E-state index in [1.807, 2.05) is 0 Å². The topological polar surface area (TPSA) is 20.2 Å².